The molecule has 5 heteroatoms. The van der Waals surface area contributed by atoms with Crippen molar-refractivity contribution in [2.24, 2.45) is 5.41 Å². The maximum Gasteiger partial charge on any atom is 0.417 e. The van der Waals surface area contributed by atoms with Gasteiger partial charge in [-0.15, -0.1) is 0 Å². The van der Waals surface area contributed by atoms with Gasteiger partial charge in [0, 0.05) is 31.8 Å². The second-order valence-electron chi connectivity index (χ2n) is 5.12. The predicted octanol–water partition coefficient (Wildman–Crippen LogP) is 1.16. The summed E-state index contributed by atoms with van der Waals surface area (Å²) in [6, 6.07) is 0. The maximum atomic E-state index is 11.7. The molecule has 0 aromatic carbocycles. The molecule has 1 amide bonds. The molecule has 0 saturated carbocycles. The van der Waals surface area contributed by atoms with Crippen molar-refractivity contribution in [2.45, 2.75) is 20.8 Å². The van der Waals surface area contributed by atoms with Crippen LogP contribution in [0.15, 0.2) is 12.2 Å². The van der Waals surface area contributed by atoms with Gasteiger partial charge in [-0.25, -0.2) is 9.59 Å². The number of carbonyl (C=O) groups is 2. The SMILES string of the molecule is C=C(C(=O)OC(=O)N1CCNCC1)C(C)(C)C. The summed E-state index contributed by atoms with van der Waals surface area (Å²) in [5.74, 6) is -0.638. The van der Waals surface area contributed by atoms with Crippen LogP contribution in [0, 0.1) is 5.41 Å². The topological polar surface area (TPSA) is 58.6 Å². The summed E-state index contributed by atoms with van der Waals surface area (Å²) in [5.41, 5.74) is -0.0816. The first-order chi connectivity index (χ1) is 7.82. The zero-order chi connectivity index (χ0) is 13.1. The Balaban J connectivity index is 2.51. The number of ether oxygens (including phenoxy) is 1. The van der Waals surface area contributed by atoms with E-state index in [1.54, 1.807) is 0 Å². The number of hydrogen-bond donors (Lipinski definition) is 1. The van der Waals surface area contributed by atoms with E-state index in [-0.39, 0.29) is 5.41 Å². The van der Waals surface area contributed by atoms with Crippen molar-refractivity contribution in [3.05, 3.63) is 12.2 Å². The monoisotopic (exact) mass is 240 g/mol. The van der Waals surface area contributed by atoms with E-state index >= 15 is 0 Å². The molecule has 0 aliphatic carbocycles. The van der Waals surface area contributed by atoms with Crippen molar-refractivity contribution in [3.63, 3.8) is 0 Å². The van der Waals surface area contributed by atoms with Crippen molar-refractivity contribution in [1.82, 2.24) is 10.2 Å². The van der Waals surface area contributed by atoms with E-state index < -0.39 is 12.1 Å². The van der Waals surface area contributed by atoms with Crippen LogP contribution in [0.4, 0.5) is 4.79 Å². The molecule has 96 valence electrons. The van der Waals surface area contributed by atoms with E-state index in [0.717, 1.165) is 13.1 Å². The lowest BCUT2D eigenvalue weighted by atomic mass is 9.88. The molecule has 0 unspecified atom stereocenters. The first kappa shape index (κ1) is 13.7. The lowest BCUT2D eigenvalue weighted by molar-refractivity contribution is -0.135. The Morgan fingerprint density at radius 3 is 2.24 bits per heavy atom. The molecule has 1 N–H and O–H groups in total. The normalized spacial score (nSPS) is 16.5. The lowest BCUT2D eigenvalue weighted by Crippen LogP contribution is -2.47. The summed E-state index contributed by atoms with van der Waals surface area (Å²) in [5, 5.41) is 3.12. The summed E-state index contributed by atoms with van der Waals surface area (Å²) >= 11 is 0. The van der Waals surface area contributed by atoms with E-state index in [0.29, 0.717) is 18.7 Å². The van der Waals surface area contributed by atoms with Gasteiger partial charge in [-0.1, -0.05) is 27.4 Å². The van der Waals surface area contributed by atoms with E-state index in [2.05, 4.69) is 11.9 Å². The van der Waals surface area contributed by atoms with Crippen LogP contribution in [0.5, 0.6) is 0 Å². The summed E-state index contributed by atoms with van der Waals surface area (Å²) in [4.78, 5) is 24.8. The molecule has 1 rings (SSSR count). The smallest absolute Gasteiger partial charge is 0.373 e. The van der Waals surface area contributed by atoms with Gasteiger partial charge >= 0.3 is 12.1 Å². The van der Waals surface area contributed by atoms with E-state index in [1.165, 1.54) is 4.90 Å². The summed E-state index contributed by atoms with van der Waals surface area (Å²) in [7, 11) is 0. The number of rotatable bonds is 1. The molecule has 1 fully saturated rings. The van der Waals surface area contributed by atoms with Gasteiger partial charge in [0.1, 0.15) is 0 Å². The average molecular weight is 240 g/mol. The first-order valence-electron chi connectivity index (χ1n) is 5.73. The standard InChI is InChI=1S/C12H20N2O3/c1-9(12(2,3)4)10(15)17-11(16)14-7-5-13-6-8-14/h13H,1,5-8H2,2-4H3. The van der Waals surface area contributed by atoms with Crippen molar-refractivity contribution >= 4 is 12.1 Å². The Hall–Kier alpha value is -1.36. The summed E-state index contributed by atoms with van der Waals surface area (Å²) in [6.45, 7) is 11.8. The Labute approximate surface area is 102 Å². The van der Waals surface area contributed by atoms with Gasteiger partial charge in [0.2, 0.25) is 0 Å². The molecule has 0 aromatic heterocycles. The highest BCUT2D eigenvalue weighted by atomic mass is 16.6. The van der Waals surface area contributed by atoms with Crippen LogP contribution in [0.1, 0.15) is 20.8 Å². The molecule has 0 radical (unpaired) electrons. The molecule has 0 atom stereocenters. The fraction of sp³-hybridized carbons (Fsp3) is 0.667. The minimum atomic E-state index is -0.638. The largest absolute Gasteiger partial charge is 0.417 e. The highest BCUT2D eigenvalue weighted by molar-refractivity contribution is 5.96. The summed E-state index contributed by atoms with van der Waals surface area (Å²) < 4.78 is 4.80. The number of piperazine rings is 1. The van der Waals surface area contributed by atoms with Gasteiger partial charge in [0.25, 0.3) is 0 Å². The van der Waals surface area contributed by atoms with Crippen LogP contribution >= 0.6 is 0 Å². The second kappa shape index (κ2) is 5.31. The number of esters is 1. The van der Waals surface area contributed by atoms with Crippen molar-refractivity contribution in [2.75, 3.05) is 26.2 Å². The van der Waals surface area contributed by atoms with E-state index in [1.807, 2.05) is 20.8 Å². The molecule has 1 heterocycles. The molecular weight excluding hydrogens is 220 g/mol. The highest BCUT2D eigenvalue weighted by Gasteiger charge is 2.27. The zero-order valence-corrected chi connectivity index (χ0v) is 10.7. The van der Waals surface area contributed by atoms with Crippen LogP contribution in [0.25, 0.3) is 0 Å². The van der Waals surface area contributed by atoms with Crippen LogP contribution < -0.4 is 5.32 Å². The van der Waals surface area contributed by atoms with E-state index in [4.69, 9.17) is 4.74 Å². The average Bonchev–Trinajstić information content (AvgIpc) is 2.27. The van der Waals surface area contributed by atoms with Gasteiger partial charge in [0.05, 0.1) is 0 Å². The fourth-order valence-corrected chi connectivity index (χ4v) is 1.36. The van der Waals surface area contributed by atoms with Crippen LogP contribution in [0.2, 0.25) is 0 Å². The van der Waals surface area contributed by atoms with Gasteiger partial charge in [0.15, 0.2) is 0 Å². The van der Waals surface area contributed by atoms with Gasteiger partial charge < -0.3 is 15.0 Å². The fourth-order valence-electron chi connectivity index (χ4n) is 1.36. The maximum absolute atomic E-state index is 11.7. The third-order valence-corrected chi connectivity index (χ3v) is 2.71. The molecule has 1 saturated heterocycles. The number of hydrogen-bond acceptors (Lipinski definition) is 4. The Morgan fingerprint density at radius 2 is 1.76 bits per heavy atom. The zero-order valence-electron chi connectivity index (χ0n) is 10.7. The molecule has 0 spiro atoms. The number of nitrogens with zero attached hydrogens (tertiary/aromatic N) is 1. The summed E-state index contributed by atoms with van der Waals surface area (Å²) in [6.07, 6.45) is -0.582. The molecular formula is C12H20N2O3. The van der Waals surface area contributed by atoms with Crippen molar-refractivity contribution in [3.8, 4) is 0 Å². The van der Waals surface area contributed by atoms with Gasteiger partial charge in [-0.05, 0) is 5.41 Å². The Morgan fingerprint density at radius 1 is 1.24 bits per heavy atom. The van der Waals surface area contributed by atoms with Crippen LogP contribution in [0.3, 0.4) is 0 Å². The van der Waals surface area contributed by atoms with E-state index in [9.17, 15) is 9.59 Å². The number of carbonyl (C=O) groups excluding carboxylic acids is 2. The minimum absolute atomic E-state index is 0.306. The quantitative estimate of drug-likeness (QED) is 0.424. The molecule has 5 nitrogen and oxygen atoms in total. The van der Waals surface area contributed by atoms with Gasteiger partial charge in [-0.3, -0.25) is 0 Å². The first-order valence-corrected chi connectivity index (χ1v) is 5.73. The van der Waals surface area contributed by atoms with Crippen LogP contribution in [-0.2, 0) is 9.53 Å². The van der Waals surface area contributed by atoms with Gasteiger partial charge in [-0.2, -0.15) is 0 Å². The third kappa shape index (κ3) is 3.85. The molecule has 0 bridgehead atoms. The molecule has 1 aliphatic heterocycles. The van der Waals surface area contributed by atoms with Crippen LogP contribution in [-0.4, -0.2) is 43.1 Å². The lowest BCUT2D eigenvalue weighted by Gasteiger charge is -2.27. The highest BCUT2D eigenvalue weighted by Crippen LogP contribution is 2.24. The number of amides is 1. The second-order valence-corrected chi connectivity index (χ2v) is 5.12. The molecule has 1 aliphatic rings. The van der Waals surface area contributed by atoms with Crippen molar-refractivity contribution in [1.29, 1.82) is 0 Å². The Kier molecular flexibility index (Phi) is 4.28. The molecule has 17 heavy (non-hydrogen) atoms. The minimum Gasteiger partial charge on any atom is -0.373 e. The number of nitrogens with one attached hydrogen (secondary N) is 1. The third-order valence-electron chi connectivity index (χ3n) is 2.71. The Bertz CT molecular complexity index is 325. The molecule has 0 aromatic rings. The van der Waals surface area contributed by atoms with Crippen molar-refractivity contribution < 1.29 is 14.3 Å². The predicted molar refractivity (Wildman–Crippen MR) is 64.5 cm³/mol.